The van der Waals surface area contributed by atoms with Crippen LogP contribution in [0.4, 0.5) is 0 Å². The Morgan fingerprint density at radius 1 is 1.16 bits per heavy atom. The van der Waals surface area contributed by atoms with Gasteiger partial charge in [-0.25, -0.2) is 0 Å². The molecule has 5 nitrogen and oxygen atoms in total. The molecular weight excluding hydrogens is 286 g/mol. The third-order valence-corrected chi connectivity index (χ3v) is 4.35. The molecular formula is C12H22ClN3O2S. The second-order valence-corrected chi connectivity index (χ2v) is 6.11. The molecule has 2 saturated heterocycles. The molecule has 0 aromatic heterocycles. The van der Waals surface area contributed by atoms with Crippen molar-refractivity contribution < 1.29 is 9.59 Å². The molecule has 7 heteroatoms. The minimum absolute atomic E-state index is 0. The molecule has 2 aliphatic rings. The Morgan fingerprint density at radius 2 is 1.74 bits per heavy atom. The van der Waals surface area contributed by atoms with Gasteiger partial charge in [0.25, 0.3) is 0 Å². The zero-order chi connectivity index (χ0) is 13.1. The van der Waals surface area contributed by atoms with Crippen molar-refractivity contribution in [2.45, 2.75) is 19.9 Å². The molecule has 0 bridgehead atoms. The van der Waals surface area contributed by atoms with Crippen molar-refractivity contribution >= 4 is 36.0 Å². The van der Waals surface area contributed by atoms with Crippen LogP contribution in [0, 0.1) is 5.92 Å². The summed E-state index contributed by atoms with van der Waals surface area (Å²) in [4.78, 5) is 27.7. The molecule has 2 rings (SSSR count). The molecule has 110 valence electrons. The van der Waals surface area contributed by atoms with E-state index >= 15 is 0 Å². The number of halogens is 1. The minimum Gasteiger partial charge on any atom is -0.339 e. The normalized spacial score (nSPS) is 23.4. The Hall–Kier alpha value is -0.460. The first-order chi connectivity index (χ1) is 8.59. The van der Waals surface area contributed by atoms with E-state index in [0.29, 0.717) is 26.2 Å². The molecule has 1 N–H and O–H groups in total. The lowest BCUT2D eigenvalue weighted by Gasteiger charge is -2.36. The van der Waals surface area contributed by atoms with E-state index in [9.17, 15) is 9.59 Å². The lowest BCUT2D eigenvalue weighted by molar-refractivity contribution is -0.142. The van der Waals surface area contributed by atoms with Gasteiger partial charge in [-0.3, -0.25) is 14.9 Å². The average Bonchev–Trinajstić information content (AvgIpc) is 2.91. The zero-order valence-electron chi connectivity index (χ0n) is 11.4. The van der Waals surface area contributed by atoms with Crippen molar-refractivity contribution in [3.63, 3.8) is 0 Å². The smallest absolute Gasteiger partial charge is 0.240 e. The summed E-state index contributed by atoms with van der Waals surface area (Å²) in [6.45, 7) is 6.50. The van der Waals surface area contributed by atoms with Crippen LogP contribution in [0.15, 0.2) is 0 Å². The van der Waals surface area contributed by atoms with Crippen LogP contribution in [0.1, 0.15) is 13.8 Å². The maximum Gasteiger partial charge on any atom is 0.240 e. The summed E-state index contributed by atoms with van der Waals surface area (Å²) in [5, 5.41) is 3.20. The van der Waals surface area contributed by atoms with Crippen molar-refractivity contribution in [2.75, 3.05) is 37.8 Å². The third-order valence-electron chi connectivity index (χ3n) is 3.41. The van der Waals surface area contributed by atoms with Crippen LogP contribution in [0.5, 0.6) is 0 Å². The number of carbonyl (C=O) groups is 2. The standard InChI is InChI=1S/C12H21N3O2S.ClH/c1-9(2)11(16)14-3-5-15(6-4-14)12(17)10-7-18-8-13-10;/h9-10,13H,3-8H2,1-2H3;1H. The Balaban J connectivity index is 0.00000180. The molecule has 0 spiro atoms. The van der Waals surface area contributed by atoms with Crippen LogP contribution in [0.2, 0.25) is 0 Å². The summed E-state index contributed by atoms with van der Waals surface area (Å²) in [6, 6.07) is -0.0256. The summed E-state index contributed by atoms with van der Waals surface area (Å²) >= 11 is 1.76. The van der Waals surface area contributed by atoms with Crippen molar-refractivity contribution in [3.8, 4) is 0 Å². The number of hydrogen-bond acceptors (Lipinski definition) is 4. The van der Waals surface area contributed by atoms with Gasteiger partial charge in [0.15, 0.2) is 0 Å². The summed E-state index contributed by atoms with van der Waals surface area (Å²) < 4.78 is 0. The summed E-state index contributed by atoms with van der Waals surface area (Å²) in [5.41, 5.74) is 0. The maximum absolute atomic E-state index is 12.2. The van der Waals surface area contributed by atoms with Crippen LogP contribution in [-0.4, -0.2) is 65.5 Å². The van der Waals surface area contributed by atoms with E-state index in [1.165, 1.54) is 0 Å². The fourth-order valence-electron chi connectivity index (χ4n) is 2.29. The van der Waals surface area contributed by atoms with Gasteiger partial charge < -0.3 is 9.80 Å². The fourth-order valence-corrected chi connectivity index (χ4v) is 3.22. The van der Waals surface area contributed by atoms with Gasteiger partial charge in [0.05, 0.1) is 6.04 Å². The molecule has 1 atom stereocenters. The highest BCUT2D eigenvalue weighted by atomic mass is 35.5. The van der Waals surface area contributed by atoms with Gasteiger partial charge in [0.2, 0.25) is 11.8 Å². The maximum atomic E-state index is 12.2. The minimum atomic E-state index is -0.0256. The lowest BCUT2D eigenvalue weighted by atomic mass is 10.1. The van der Waals surface area contributed by atoms with Gasteiger partial charge >= 0.3 is 0 Å². The van der Waals surface area contributed by atoms with Crippen LogP contribution in [-0.2, 0) is 9.59 Å². The van der Waals surface area contributed by atoms with Gasteiger partial charge in [-0.1, -0.05) is 13.8 Å². The fraction of sp³-hybridized carbons (Fsp3) is 0.833. The van der Waals surface area contributed by atoms with Crippen LogP contribution >= 0.6 is 24.2 Å². The highest BCUT2D eigenvalue weighted by molar-refractivity contribution is 7.99. The number of hydrogen-bond donors (Lipinski definition) is 1. The largest absolute Gasteiger partial charge is 0.339 e. The molecule has 2 aliphatic heterocycles. The Bertz CT molecular complexity index is 327. The first kappa shape index (κ1) is 16.6. The Kier molecular flexibility index (Phi) is 6.42. The van der Waals surface area contributed by atoms with Crippen molar-refractivity contribution in [1.29, 1.82) is 0 Å². The summed E-state index contributed by atoms with van der Waals surface area (Å²) in [6.07, 6.45) is 0. The number of carbonyl (C=O) groups excluding carboxylic acids is 2. The van der Waals surface area contributed by atoms with Gasteiger partial charge in [-0.05, 0) is 0 Å². The second kappa shape index (κ2) is 7.36. The molecule has 2 fully saturated rings. The molecule has 2 amide bonds. The second-order valence-electron chi connectivity index (χ2n) is 5.08. The van der Waals surface area contributed by atoms with E-state index in [4.69, 9.17) is 0 Å². The van der Waals surface area contributed by atoms with Crippen molar-refractivity contribution in [3.05, 3.63) is 0 Å². The molecule has 19 heavy (non-hydrogen) atoms. The number of piperazine rings is 1. The molecule has 0 aromatic rings. The SMILES string of the molecule is CC(C)C(=O)N1CCN(C(=O)C2CSCN2)CC1.Cl. The predicted octanol–water partition coefficient (Wildman–Crippen LogP) is 0.397. The quantitative estimate of drug-likeness (QED) is 0.802. The average molecular weight is 308 g/mol. The van der Waals surface area contributed by atoms with Gasteiger partial charge in [0, 0.05) is 43.7 Å². The van der Waals surface area contributed by atoms with Gasteiger partial charge in [-0.2, -0.15) is 0 Å². The molecule has 0 radical (unpaired) electrons. The van der Waals surface area contributed by atoms with Gasteiger partial charge in [-0.15, -0.1) is 24.2 Å². The lowest BCUT2D eigenvalue weighted by Crippen LogP contribution is -2.55. The Labute approximate surface area is 124 Å². The number of rotatable bonds is 2. The first-order valence-electron chi connectivity index (χ1n) is 6.48. The monoisotopic (exact) mass is 307 g/mol. The van der Waals surface area contributed by atoms with E-state index in [0.717, 1.165) is 11.6 Å². The first-order valence-corrected chi connectivity index (χ1v) is 7.63. The van der Waals surface area contributed by atoms with Crippen LogP contribution in [0.25, 0.3) is 0 Å². The molecule has 1 unspecified atom stereocenters. The summed E-state index contributed by atoms with van der Waals surface area (Å²) in [5.74, 6) is 2.15. The van der Waals surface area contributed by atoms with Crippen molar-refractivity contribution in [2.24, 2.45) is 5.92 Å². The summed E-state index contributed by atoms with van der Waals surface area (Å²) in [7, 11) is 0. The molecule has 2 heterocycles. The van der Waals surface area contributed by atoms with Crippen LogP contribution in [0.3, 0.4) is 0 Å². The predicted molar refractivity (Wildman–Crippen MR) is 79.5 cm³/mol. The highest BCUT2D eigenvalue weighted by Crippen LogP contribution is 2.14. The topological polar surface area (TPSA) is 52.7 Å². The Morgan fingerprint density at radius 3 is 2.21 bits per heavy atom. The number of nitrogens with one attached hydrogen (secondary N) is 1. The van der Waals surface area contributed by atoms with Crippen LogP contribution < -0.4 is 5.32 Å². The van der Waals surface area contributed by atoms with E-state index in [1.807, 2.05) is 23.6 Å². The number of amides is 2. The van der Waals surface area contributed by atoms with E-state index < -0.39 is 0 Å². The number of nitrogens with zero attached hydrogens (tertiary/aromatic N) is 2. The molecule has 0 saturated carbocycles. The van der Waals surface area contributed by atoms with E-state index in [-0.39, 0.29) is 36.2 Å². The van der Waals surface area contributed by atoms with Gasteiger partial charge in [0.1, 0.15) is 0 Å². The molecule has 0 aliphatic carbocycles. The highest BCUT2D eigenvalue weighted by Gasteiger charge is 2.30. The third kappa shape index (κ3) is 4.00. The van der Waals surface area contributed by atoms with E-state index in [2.05, 4.69) is 5.32 Å². The van der Waals surface area contributed by atoms with E-state index in [1.54, 1.807) is 11.8 Å². The number of thioether (sulfide) groups is 1. The zero-order valence-corrected chi connectivity index (χ0v) is 13.1. The van der Waals surface area contributed by atoms with Crippen molar-refractivity contribution in [1.82, 2.24) is 15.1 Å². The molecule has 0 aromatic carbocycles.